The Morgan fingerprint density at radius 2 is 1.15 bits per heavy atom. The van der Waals surface area contributed by atoms with E-state index in [2.05, 4.69) is 0 Å². The first kappa shape index (κ1) is 39.4. The Morgan fingerprint density at radius 3 is 1.69 bits per heavy atom. The number of ether oxygens (including phenoxy) is 1. The molecule has 55 heavy (non-hydrogen) atoms. The van der Waals surface area contributed by atoms with Gasteiger partial charge in [-0.2, -0.15) is 26.3 Å². The minimum absolute atomic E-state index is 0.0207. The number of rotatable bonds is 6. The van der Waals surface area contributed by atoms with E-state index in [0.717, 1.165) is 31.5 Å². The summed E-state index contributed by atoms with van der Waals surface area (Å²) in [5.41, 5.74) is -3.31. The number of methoxy groups -OCH3 is 1. The van der Waals surface area contributed by atoms with Crippen molar-refractivity contribution in [3.8, 4) is 36.6 Å². The molecule has 0 saturated heterocycles. The lowest BCUT2D eigenvalue weighted by Gasteiger charge is -2.26. The zero-order valence-electron chi connectivity index (χ0n) is 32.2. The number of alkyl halides is 6. The average molecular weight is 813 g/mol. The largest absolute Gasteiger partial charge is 0.497 e. The molecule has 0 amide bonds. The molecule has 2 aromatic carbocycles. The van der Waals surface area contributed by atoms with Gasteiger partial charge in [0.25, 0.3) is 0 Å². The molecule has 4 heterocycles. The van der Waals surface area contributed by atoms with Crippen LogP contribution in [0.5, 0.6) is 5.75 Å². The van der Waals surface area contributed by atoms with Crippen LogP contribution in [0.4, 0.5) is 26.3 Å². The summed E-state index contributed by atoms with van der Waals surface area (Å²) in [6, 6.07) is 20.0. The Morgan fingerprint density at radius 1 is 0.582 bits per heavy atom. The summed E-state index contributed by atoms with van der Waals surface area (Å²) in [4.78, 5) is 3.91. The van der Waals surface area contributed by atoms with E-state index < -0.39 is 34.5 Å². The highest BCUT2D eigenvalue weighted by Crippen LogP contribution is 2.67. The zero-order valence-corrected chi connectivity index (χ0v) is 34.7. The molecule has 290 valence electrons. The van der Waals surface area contributed by atoms with Gasteiger partial charge in [-0.25, -0.2) is 0 Å². The number of hydrogen-bond donors (Lipinski definition) is 0. The van der Waals surface area contributed by atoms with Crippen molar-refractivity contribution in [1.82, 2.24) is 0 Å². The zero-order chi connectivity index (χ0) is 40.3. The molecule has 1 aliphatic rings. The molecule has 0 unspecified atom stereocenters. The van der Waals surface area contributed by atoms with E-state index in [1.165, 1.54) is 54.0 Å². The number of benzene rings is 2. The predicted molar refractivity (Wildman–Crippen MR) is 217 cm³/mol. The lowest BCUT2D eigenvalue weighted by molar-refractivity contribution is -0.254. The molecule has 11 heteroatoms. The monoisotopic (exact) mass is 812 g/mol. The second kappa shape index (κ2) is 12.9. The van der Waals surface area contributed by atoms with Gasteiger partial charge >= 0.3 is 17.8 Å². The molecular formula is C44H42F6O2S3. The van der Waals surface area contributed by atoms with Crippen LogP contribution in [0.1, 0.15) is 88.8 Å². The van der Waals surface area contributed by atoms with Gasteiger partial charge in [0.2, 0.25) is 0 Å². The summed E-state index contributed by atoms with van der Waals surface area (Å²) in [6.07, 6.45) is 0. The number of halogens is 6. The molecule has 0 spiro atoms. The Labute approximate surface area is 329 Å². The summed E-state index contributed by atoms with van der Waals surface area (Å²) in [7, 11) is 1.41. The van der Waals surface area contributed by atoms with Crippen molar-refractivity contribution in [3.05, 3.63) is 99.2 Å². The SMILES string of the molecule is COc1ccc2c(C3=C(c4cc(-c5ccc(C(C)(C)C)s5)sc4-c4ccc(C(C)(C)C)s4)C(F)(F)C(F)(F)C3(F)F)c(-c3ccc(C(C)(C)C)cc3)oc2c1. The van der Waals surface area contributed by atoms with Gasteiger partial charge in [-0.15, -0.1) is 34.0 Å². The molecule has 0 atom stereocenters. The molecule has 0 saturated carbocycles. The summed E-state index contributed by atoms with van der Waals surface area (Å²) < 4.78 is 111. The van der Waals surface area contributed by atoms with Crippen LogP contribution in [0, 0.1) is 0 Å². The highest BCUT2D eigenvalue weighted by atomic mass is 32.1. The summed E-state index contributed by atoms with van der Waals surface area (Å²) >= 11 is 3.92. The number of thiophene rings is 3. The maximum Gasteiger partial charge on any atom is 0.380 e. The van der Waals surface area contributed by atoms with E-state index in [-0.39, 0.29) is 49.0 Å². The van der Waals surface area contributed by atoms with Gasteiger partial charge in [0, 0.05) is 63.7 Å². The third-order valence-corrected chi connectivity index (χ3v) is 14.5. The first-order valence-corrected chi connectivity index (χ1v) is 20.3. The fourth-order valence-corrected chi connectivity index (χ4v) is 10.3. The normalized spacial score (nSPS) is 17.1. The standard InChI is InChI=1S/C44H42F6O2S3/c1-39(2,3)24-13-11-23(12-14-24)37-34(26-16-15-25(51-10)21-28(26)52-37)36-35(42(45,46)44(49,50)43(36,47)48)27-22-31(29-17-19-32(53-29)40(4,5)6)55-38(27)30-18-20-33(54-30)41(7,8)9/h11-22H,1-10H3. The van der Waals surface area contributed by atoms with Crippen molar-refractivity contribution in [2.45, 2.75) is 96.3 Å². The number of fused-ring (bicyclic) bond motifs is 1. The first-order valence-electron chi connectivity index (χ1n) is 17.8. The first-order chi connectivity index (χ1) is 25.4. The maximum atomic E-state index is 16.8. The van der Waals surface area contributed by atoms with E-state index in [1.54, 1.807) is 30.3 Å². The minimum atomic E-state index is -5.78. The van der Waals surface area contributed by atoms with Gasteiger partial charge in [0.1, 0.15) is 17.1 Å². The van der Waals surface area contributed by atoms with Crippen molar-refractivity contribution >= 4 is 56.1 Å². The number of furan rings is 1. The van der Waals surface area contributed by atoms with E-state index in [0.29, 0.717) is 15.5 Å². The molecular weight excluding hydrogens is 771 g/mol. The van der Waals surface area contributed by atoms with Crippen molar-refractivity contribution in [3.63, 3.8) is 0 Å². The second-order valence-electron chi connectivity index (χ2n) is 17.2. The summed E-state index contributed by atoms with van der Waals surface area (Å²) in [6.45, 7) is 18.2. The molecule has 0 N–H and O–H groups in total. The quantitative estimate of drug-likeness (QED) is 0.156. The molecule has 0 bridgehead atoms. The molecule has 0 fully saturated rings. The van der Waals surface area contributed by atoms with Crippen LogP contribution >= 0.6 is 34.0 Å². The van der Waals surface area contributed by atoms with Crippen LogP contribution in [0.25, 0.3) is 52.9 Å². The lowest BCUT2D eigenvalue weighted by Crippen LogP contribution is -2.48. The summed E-state index contributed by atoms with van der Waals surface area (Å²) in [5.74, 6) is -16.3. The van der Waals surface area contributed by atoms with Gasteiger partial charge in [0.05, 0.1) is 12.0 Å². The Balaban J connectivity index is 1.60. The van der Waals surface area contributed by atoms with E-state index in [4.69, 9.17) is 9.15 Å². The fourth-order valence-electron chi connectivity index (χ4n) is 6.81. The van der Waals surface area contributed by atoms with Gasteiger partial charge in [-0.3, -0.25) is 0 Å². The van der Waals surface area contributed by atoms with Gasteiger partial charge in [-0.05, 0) is 64.3 Å². The van der Waals surface area contributed by atoms with E-state index in [1.807, 2.05) is 80.5 Å². The van der Waals surface area contributed by atoms with Crippen molar-refractivity contribution in [1.29, 1.82) is 0 Å². The van der Waals surface area contributed by atoms with Crippen LogP contribution < -0.4 is 4.74 Å². The molecule has 2 nitrogen and oxygen atoms in total. The maximum absolute atomic E-state index is 16.8. The molecule has 4 aromatic heterocycles. The van der Waals surface area contributed by atoms with Crippen LogP contribution in [-0.2, 0) is 16.2 Å². The van der Waals surface area contributed by atoms with E-state index >= 15 is 26.3 Å². The highest BCUT2D eigenvalue weighted by Gasteiger charge is 2.80. The van der Waals surface area contributed by atoms with Crippen molar-refractivity contribution < 1.29 is 35.5 Å². The molecule has 0 radical (unpaired) electrons. The molecule has 6 aromatic rings. The second-order valence-corrected chi connectivity index (χ2v) is 20.4. The van der Waals surface area contributed by atoms with Crippen molar-refractivity contribution in [2.75, 3.05) is 7.11 Å². The van der Waals surface area contributed by atoms with Crippen LogP contribution in [-0.4, -0.2) is 24.9 Å². The Kier molecular flexibility index (Phi) is 9.22. The number of hydrogen-bond acceptors (Lipinski definition) is 5. The van der Waals surface area contributed by atoms with Gasteiger partial charge in [0.15, 0.2) is 0 Å². The van der Waals surface area contributed by atoms with Crippen LogP contribution in [0.2, 0.25) is 0 Å². The third kappa shape index (κ3) is 6.38. The molecule has 7 rings (SSSR count). The topological polar surface area (TPSA) is 22.4 Å². The van der Waals surface area contributed by atoms with Crippen LogP contribution in [0.3, 0.4) is 0 Å². The predicted octanol–water partition coefficient (Wildman–Crippen LogP) is 15.3. The lowest BCUT2D eigenvalue weighted by atomic mass is 9.86. The van der Waals surface area contributed by atoms with Crippen LogP contribution in [0.15, 0.2) is 77.2 Å². The third-order valence-electron chi connectivity index (χ3n) is 9.99. The highest BCUT2D eigenvalue weighted by molar-refractivity contribution is 7.26. The Hall–Kier alpha value is -3.80. The van der Waals surface area contributed by atoms with Crippen molar-refractivity contribution in [2.24, 2.45) is 0 Å². The smallest absolute Gasteiger partial charge is 0.380 e. The van der Waals surface area contributed by atoms with Gasteiger partial charge in [-0.1, -0.05) is 86.6 Å². The fraction of sp³-hybridized carbons (Fsp3) is 0.364. The summed E-state index contributed by atoms with van der Waals surface area (Å²) in [5, 5.41) is -0.0207. The van der Waals surface area contributed by atoms with Gasteiger partial charge < -0.3 is 9.15 Å². The van der Waals surface area contributed by atoms with E-state index in [9.17, 15) is 0 Å². The Bertz CT molecular complexity index is 2450. The average Bonchev–Trinajstić information content (AvgIpc) is 3.91. The minimum Gasteiger partial charge on any atom is -0.497 e. The molecule has 1 aliphatic carbocycles. The molecule has 0 aliphatic heterocycles. The number of allylic oxidation sites excluding steroid dienone is 2.